The van der Waals surface area contributed by atoms with Crippen molar-refractivity contribution in [3.8, 4) is 0 Å². The monoisotopic (exact) mass is 262 g/mol. The molecule has 18 heavy (non-hydrogen) atoms. The zero-order valence-corrected chi connectivity index (χ0v) is 10.0. The second-order valence-electron chi connectivity index (χ2n) is 3.99. The molecule has 0 saturated carbocycles. The summed E-state index contributed by atoms with van der Waals surface area (Å²) >= 11 is 0. The smallest absolute Gasteiger partial charge is 0.396 e. The van der Waals surface area contributed by atoms with Crippen molar-refractivity contribution in [2.75, 3.05) is 18.5 Å². The number of rotatable bonds is 7. The third kappa shape index (κ3) is 5.35. The SMILES string of the molecule is OCCCCCCNc1cc(C(F)(F)F)ccn1. The maximum Gasteiger partial charge on any atom is 0.416 e. The lowest BCUT2D eigenvalue weighted by atomic mass is 10.2. The molecule has 1 aromatic heterocycles. The van der Waals surface area contributed by atoms with E-state index in [2.05, 4.69) is 10.3 Å². The van der Waals surface area contributed by atoms with E-state index in [1.54, 1.807) is 0 Å². The Morgan fingerprint density at radius 2 is 1.89 bits per heavy atom. The van der Waals surface area contributed by atoms with Gasteiger partial charge in [-0.1, -0.05) is 12.8 Å². The van der Waals surface area contributed by atoms with Crippen LogP contribution in [0.5, 0.6) is 0 Å². The van der Waals surface area contributed by atoms with E-state index in [1.807, 2.05) is 0 Å². The van der Waals surface area contributed by atoms with Gasteiger partial charge in [0.05, 0.1) is 5.56 Å². The minimum atomic E-state index is -4.33. The number of hydrogen-bond donors (Lipinski definition) is 2. The third-order valence-corrected chi connectivity index (χ3v) is 2.48. The van der Waals surface area contributed by atoms with Crippen molar-refractivity contribution in [2.45, 2.75) is 31.9 Å². The minimum absolute atomic E-state index is 0.183. The summed E-state index contributed by atoms with van der Waals surface area (Å²) in [6, 6.07) is 1.96. The minimum Gasteiger partial charge on any atom is -0.396 e. The molecule has 0 unspecified atom stereocenters. The predicted octanol–water partition coefficient (Wildman–Crippen LogP) is 3.07. The highest BCUT2D eigenvalue weighted by Gasteiger charge is 2.30. The molecule has 0 aliphatic rings. The third-order valence-electron chi connectivity index (χ3n) is 2.48. The Kier molecular flexibility index (Phi) is 5.91. The second-order valence-corrected chi connectivity index (χ2v) is 3.99. The quantitative estimate of drug-likeness (QED) is 0.742. The first-order chi connectivity index (χ1) is 8.54. The molecule has 6 heteroatoms. The molecule has 0 spiro atoms. The fraction of sp³-hybridized carbons (Fsp3) is 0.583. The molecule has 0 aromatic carbocycles. The van der Waals surface area contributed by atoms with Crippen LogP contribution >= 0.6 is 0 Å². The highest BCUT2D eigenvalue weighted by molar-refractivity contribution is 5.38. The number of nitrogens with zero attached hydrogens (tertiary/aromatic N) is 1. The number of anilines is 1. The number of nitrogens with one attached hydrogen (secondary N) is 1. The number of aromatic nitrogens is 1. The molecule has 1 rings (SSSR count). The number of halogens is 3. The van der Waals surface area contributed by atoms with Gasteiger partial charge in [0.1, 0.15) is 5.82 Å². The van der Waals surface area contributed by atoms with Gasteiger partial charge >= 0.3 is 6.18 Å². The molecule has 102 valence electrons. The number of unbranched alkanes of at least 4 members (excludes halogenated alkanes) is 3. The summed E-state index contributed by atoms with van der Waals surface area (Å²) < 4.78 is 37.2. The fourth-order valence-electron chi connectivity index (χ4n) is 1.51. The fourth-order valence-corrected chi connectivity index (χ4v) is 1.51. The van der Waals surface area contributed by atoms with Gasteiger partial charge in [0.2, 0.25) is 0 Å². The molecule has 0 radical (unpaired) electrons. The molecule has 0 bridgehead atoms. The molecular formula is C12H17F3N2O. The van der Waals surface area contributed by atoms with Gasteiger partial charge in [0.25, 0.3) is 0 Å². The predicted molar refractivity (Wildman–Crippen MR) is 63.3 cm³/mol. The average molecular weight is 262 g/mol. The Labute approximate surface area is 104 Å². The largest absolute Gasteiger partial charge is 0.416 e. The van der Waals surface area contributed by atoms with Gasteiger partial charge in [0, 0.05) is 19.3 Å². The van der Waals surface area contributed by atoms with Crippen LogP contribution in [0, 0.1) is 0 Å². The van der Waals surface area contributed by atoms with E-state index < -0.39 is 11.7 Å². The molecule has 0 amide bonds. The Morgan fingerprint density at radius 1 is 1.17 bits per heavy atom. The van der Waals surface area contributed by atoms with Crippen molar-refractivity contribution in [1.82, 2.24) is 4.98 Å². The second kappa shape index (κ2) is 7.20. The Bertz CT molecular complexity index is 355. The van der Waals surface area contributed by atoms with Gasteiger partial charge in [-0.3, -0.25) is 0 Å². The molecule has 0 fully saturated rings. The lowest BCUT2D eigenvalue weighted by molar-refractivity contribution is -0.137. The Balaban J connectivity index is 2.34. The van der Waals surface area contributed by atoms with Crippen molar-refractivity contribution < 1.29 is 18.3 Å². The standard InChI is InChI=1S/C12H17F3N2O/c13-12(14,15)10-5-7-17-11(9-10)16-6-3-1-2-4-8-18/h5,7,9,18H,1-4,6,8H2,(H,16,17). The molecule has 3 nitrogen and oxygen atoms in total. The summed E-state index contributed by atoms with van der Waals surface area (Å²) in [6.45, 7) is 0.766. The maximum atomic E-state index is 12.4. The Morgan fingerprint density at radius 3 is 2.56 bits per heavy atom. The van der Waals surface area contributed by atoms with Crippen LogP contribution in [0.4, 0.5) is 19.0 Å². The lowest BCUT2D eigenvalue weighted by Gasteiger charge is -2.09. The van der Waals surface area contributed by atoms with E-state index in [9.17, 15) is 13.2 Å². The molecule has 1 heterocycles. The van der Waals surface area contributed by atoms with Crippen LogP contribution in [0.1, 0.15) is 31.2 Å². The molecule has 0 saturated heterocycles. The first kappa shape index (κ1) is 14.8. The Hall–Kier alpha value is -1.30. The highest BCUT2D eigenvalue weighted by atomic mass is 19.4. The van der Waals surface area contributed by atoms with E-state index in [-0.39, 0.29) is 12.4 Å². The molecule has 0 aliphatic carbocycles. The van der Waals surface area contributed by atoms with Crippen LogP contribution in [0.3, 0.4) is 0 Å². The van der Waals surface area contributed by atoms with E-state index >= 15 is 0 Å². The lowest BCUT2D eigenvalue weighted by Crippen LogP contribution is -2.08. The van der Waals surface area contributed by atoms with E-state index in [4.69, 9.17) is 5.11 Å². The number of aliphatic hydroxyl groups excluding tert-OH is 1. The summed E-state index contributed by atoms with van der Waals surface area (Å²) in [5.74, 6) is 0.243. The van der Waals surface area contributed by atoms with Crippen molar-refractivity contribution in [1.29, 1.82) is 0 Å². The van der Waals surface area contributed by atoms with Gasteiger partial charge in [-0.2, -0.15) is 13.2 Å². The van der Waals surface area contributed by atoms with Crippen LogP contribution in [0.25, 0.3) is 0 Å². The summed E-state index contributed by atoms with van der Waals surface area (Å²) in [6.07, 6.45) is 0.290. The molecule has 1 aromatic rings. The van der Waals surface area contributed by atoms with Crippen LogP contribution in [0.15, 0.2) is 18.3 Å². The van der Waals surface area contributed by atoms with Crippen molar-refractivity contribution >= 4 is 5.82 Å². The van der Waals surface area contributed by atoms with Crippen LogP contribution in [-0.2, 0) is 6.18 Å². The van der Waals surface area contributed by atoms with Crippen LogP contribution < -0.4 is 5.32 Å². The number of pyridine rings is 1. The summed E-state index contributed by atoms with van der Waals surface area (Å²) in [5, 5.41) is 11.4. The summed E-state index contributed by atoms with van der Waals surface area (Å²) in [4.78, 5) is 3.84. The number of alkyl halides is 3. The topological polar surface area (TPSA) is 45.1 Å². The first-order valence-electron chi connectivity index (χ1n) is 5.92. The number of aliphatic hydroxyl groups is 1. The average Bonchev–Trinajstić information content (AvgIpc) is 2.33. The van der Waals surface area contributed by atoms with Crippen LogP contribution in [-0.4, -0.2) is 23.2 Å². The first-order valence-corrected chi connectivity index (χ1v) is 5.92. The van der Waals surface area contributed by atoms with Crippen molar-refractivity contribution in [3.63, 3.8) is 0 Å². The van der Waals surface area contributed by atoms with Gasteiger partial charge < -0.3 is 10.4 Å². The normalized spacial score (nSPS) is 11.6. The highest BCUT2D eigenvalue weighted by Crippen LogP contribution is 2.29. The van der Waals surface area contributed by atoms with Gasteiger partial charge in [-0.25, -0.2) is 4.98 Å². The number of hydrogen-bond acceptors (Lipinski definition) is 3. The zero-order chi connectivity index (χ0) is 13.4. The van der Waals surface area contributed by atoms with Gasteiger partial charge in [0.15, 0.2) is 0 Å². The van der Waals surface area contributed by atoms with Crippen molar-refractivity contribution in [2.24, 2.45) is 0 Å². The van der Waals surface area contributed by atoms with Crippen LogP contribution in [0.2, 0.25) is 0 Å². The van der Waals surface area contributed by atoms with Crippen molar-refractivity contribution in [3.05, 3.63) is 23.9 Å². The molecule has 0 atom stereocenters. The zero-order valence-electron chi connectivity index (χ0n) is 10.0. The maximum absolute atomic E-state index is 12.4. The summed E-state index contributed by atoms with van der Waals surface area (Å²) in [7, 11) is 0. The van der Waals surface area contributed by atoms with E-state index in [1.165, 1.54) is 0 Å². The van der Waals surface area contributed by atoms with Gasteiger partial charge in [-0.15, -0.1) is 0 Å². The molecule has 0 aliphatic heterocycles. The molecular weight excluding hydrogens is 245 g/mol. The van der Waals surface area contributed by atoms with Gasteiger partial charge in [-0.05, 0) is 25.0 Å². The van der Waals surface area contributed by atoms with E-state index in [0.29, 0.717) is 6.54 Å². The summed E-state index contributed by atoms with van der Waals surface area (Å²) in [5.41, 5.74) is -0.694. The van der Waals surface area contributed by atoms with E-state index in [0.717, 1.165) is 44.0 Å². The molecule has 2 N–H and O–H groups in total.